The number of fused-ring (bicyclic) bond motifs is 1. The fourth-order valence-corrected chi connectivity index (χ4v) is 3.66. The van der Waals surface area contributed by atoms with Crippen molar-refractivity contribution >= 4 is 0 Å². The molecular weight excluding hydrogens is 234 g/mol. The van der Waals surface area contributed by atoms with E-state index < -0.39 is 0 Å². The predicted molar refractivity (Wildman–Crippen MR) is 78.3 cm³/mol. The molecule has 0 bridgehead atoms. The van der Waals surface area contributed by atoms with Gasteiger partial charge >= 0.3 is 0 Å². The van der Waals surface area contributed by atoms with Crippen molar-refractivity contribution in [3.8, 4) is 5.75 Å². The minimum atomic E-state index is 0.452. The van der Waals surface area contributed by atoms with Gasteiger partial charge in [-0.15, -0.1) is 0 Å². The SMILES string of the molecule is CC1(C)CCC(NC2CCc3c(O)cccc32)CC1. The van der Waals surface area contributed by atoms with E-state index >= 15 is 0 Å². The van der Waals surface area contributed by atoms with Crippen LogP contribution in [-0.2, 0) is 6.42 Å². The van der Waals surface area contributed by atoms with Gasteiger partial charge in [-0.2, -0.15) is 0 Å². The summed E-state index contributed by atoms with van der Waals surface area (Å²) < 4.78 is 0. The molecule has 0 heterocycles. The van der Waals surface area contributed by atoms with Crippen molar-refractivity contribution in [1.29, 1.82) is 0 Å². The maximum atomic E-state index is 9.90. The van der Waals surface area contributed by atoms with Crippen LogP contribution in [-0.4, -0.2) is 11.1 Å². The Morgan fingerprint density at radius 3 is 2.63 bits per heavy atom. The molecular formula is C17H25NO. The molecule has 1 aromatic carbocycles. The van der Waals surface area contributed by atoms with Crippen molar-refractivity contribution in [3.05, 3.63) is 29.3 Å². The second-order valence-electron chi connectivity index (χ2n) is 7.04. The maximum Gasteiger partial charge on any atom is 0.119 e. The van der Waals surface area contributed by atoms with Gasteiger partial charge in [0.1, 0.15) is 5.75 Å². The Bertz CT molecular complexity index is 456. The molecule has 0 radical (unpaired) electrons. The summed E-state index contributed by atoms with van der Waals surface area (Å²) in [6.45, 7) is 4.76. The largest absolute Gasteiger partial charge is 0.508 e. The third-order valence-electron chi connectivity index (χ3n) is 5.02. The molecule has 0 aromatic heterocycles. The molecule has 0 saturated heterocycles. The lowest BCUT2D eigenvalue weighted by Crippen LogP contribution is -2.37. The van der Waals surface area contributed by atoms with Gasteiger partial charge in [-0.3, -0.25) is 0 Å². The number of benzene rings is 1. The van der Waals surface area contributed by atoms with Gasteiger partial charge in [0, 0.05) is 12.1 Å². The number of phenolic OH excluding ortho intramolecular Hbond substituents is 1. The van der Waals surface area contributed by atoms with Crippen molar-refractivity contribution in [2.24, 2.45) is 5.41 Å². The van der Waals surface area contributed by atoms with Gasteiger partial charge in [0.25, 0.3) is 0 Å². The summed E-state index contributed by atoms with van der Waals surface area (Å²) in [6, 6.07) is 7.06. The van der Waals surface area contributed by atoms with Crippen molar-refractivity contribution < 1.29 is 5.11 Å². The van der Waals surface area contributed by atoms with Crippen molar-refractivity contribution in [1.82, 2.24) is 5.32 Å². The quantitative estimate of drug-likeness (QED) is 0.843. The van der Waals surface area contributed by atoms with Crippen molar-refractivity contribution in [3.63, 3.8) is 0 Å². The first-order chi connectivity index (χ1) is 9.05. The highest BCUT2D eigenvalue weighted by Gasteiger charge is 2.30. The standard InChI is InChI=1S/C17H25NO/c1-17(2)10-8-12(9-11-17)18-15-7-6-14-13(15)4-3-5-16(14)19/h3-5,12,15,18-19H,6-11H2,1-2H3. The number of phenols is 1. The predicted octanol–water partition coefficient (Wildman–Crippen LogP) is 3.94. The van der Waals surface area contributed by atoms with Crippen LogP contribution in [0.25, 0.3) is 0 Å². The Morgan fingerprint density at radius 1 is 1.16 bits per heavy atom. The molecule has 0 amide bonds. The van der Waals surface area contributed by atoms with E-state index in [-0.39, 0.29) is 0 Å². The van der Waals surface area contributed by atoms with Gasteiger partial charge < -0.3 is 10.4 Å². The van der Waals surface area contributed by atoms with Crippen LogP contribution in [0.3, 0.4) is 0 Å². The Kier molecular flexibility index (Phi) is 3.30. The highest BCUT2D eigenvalue weighted by Crippen LogP contribution is 2.39. The Morgan fingerprint density at radius 2 is 1.89 bits per heavy atom. The summed E-state index contributed by atoms with van der Waals surface area (Å²) in [5.74, 6) is 0.478. The van der Waals surface area contributed by atoms with Crippen LogP contribution in [0.15, 0.2) is 18.2 Å². The summed E-state index contributed by atoms with van der Waals surface area (Å²) in [5, 5.41) is 13.7. The van der Waals surface area contributed by atoms with E-state index in [1.807, 2.05) is 12.1 Å². The lowest BCUT2D eigenvalue weighted by atomic mass is 9.75. The minimum Gasteiger partial charge on any atom is -0.508 e. The van der Waals surface area contributed by atoms with Gasteiger partial charge in [-0.05, 0) is 61.1 Å². The molecule has 2 aliphatic carbocycles. The molecule has 104 valence electrons. The summed E-state index contributed by atoms with van der Waals surface area (Å²) in [7, 11) is 0. The van der Waals surface area contributed by atoms with E-state index in [2.05, 4.69) is 25.2 Å². The summed E-state index contributed by atoms with van der Waals surface area (Å²) >= 11 is 0. The monoisotopic (exact) mass is 259 g/mol. The van der Waals surface area contributed by atoms with E-state index in [1.54, 1.807) is 0 Å². The molecule has 19 heavy (non-hydrogen) atoms. The number of rotatable bonds is 2. The van der Waals surface area contributed by atoms with Gasteiger partial charge in [-0.25, -0.2) is 0 Å². The number of hydrogen-bond acceptors (Lipinski definition) is 2. The van der Waals surface area contributed by atoms with Crippen LogP contribution in [0.2, 0.25) is 0 Å². The molecule has 2 aliphatic rings. The fourth-order valence-electron chi connectivity index (χ4n) is 3.66. The van der Waals surface area contributed by atoms with Crippen LogP contribution in [0.1, 0.15) is 63.1 Å². The smallest absolute Gasteiger partial charge is 0.119 e. The van der Waals surface area contributed by atoms with Crippen molar-refractivity contribution in [2.45, 2.75) is 64.5 Å². The fraction of sp³-hybridized carbons (Fsp3) is 0.647. The molecule has 2 nitrogen and oxygen atoms in total. The first-order valence-electron chi connectivity index (χ1n) is 7.62. The molecule has 0 spiro atoms. The number of hydrogen-bond donors (Lipinski definition) is 2. The molecule has 2 N–H and O–H groups in total. The molecule has 2 heteroatoms. The van der Waals surface area contributed by atoms with Crippen LogP contribution >= 0.6 is 0 Å². The zero-order valence-corrected chi connectivity index (χ0v) is 12.1. The van der Waals surface area contributed by atoms with Crippen LogP contribution < -0.4 is 5.32 Å². The van der Waals surface area contributed by atoms with Gasteiger partial charge in [0.2, 0.25) is 0 Å². The molecule has 1 unspecified atom stereocenters. The zero-order valence-electron chi connectivity index (χ0n) is 12.1. The topological polar surface area (TPSA) is 32.3 Å². The van der Waals surface area contributed by atoms with E-state index in [0.717, 1.165) is 18.4 Å². The van der Waals surface area contributed by atoms with Gasteiger partial charge in [-0.1, -0.05) is 26.0 Å². The lowest BCUT2D eigenvalue weighted by Gasteiger charge is -2.36. The molecule has 0 aliphatic heterocycles. The Labute approximate surface area is 116 Å². The van der Waals surface area contributed by atoms with Gasteiger partial charge in [0.05, 0.1) is 0 Å². The van der Waals surface area contributed by atoms with Crippen LogP contribution in [0, 0.1) is 5.41 Å². The average Bonchev–Trinajstić information content (AvgIpc) is 2.77. The van der Waals surface area contributed by atoms with Gasteiger partial charge in [0.15, 0.2) is 0 Å². The number of aromatic hydroxyl groups is 1. The average molecular weight is 259 g/mol. The summed E-state index contributed by atoms with van der Waals surface area (Å²) in [4.78, 5) is 0. The van der Waals surface area contributed by atoms with E-state index in [1.165, 1.54) is 31.2 Å². The third-order valence-corrected chi connectivity index (χ3v) is 5.02. The normalized spacial score (nSPS) is 26.3. The molecule has 1 atom stereocenters. The number of nitrogens with one attached hydrogen (secondary N) is 1. The lowest BCUT2D eigenvalue weighted by molar-refractivity contribution is 0.198. The summed E-state index contributed by atoms with van der Waals surface area (Å²) in [6.07, 6.45) is 7.37. The molecule has 1 fully saturated rings. The molecule has 1 aromatic rings. The zero-order chi connectivity index (χ0) is 13.5. The van der Waals surface area contributed by atoms with Crippen molar-refractivity contribution in [2.75, 3.05) is 0 Å². The van der Waals surface area contributed by atoms with Crippen LogP contribution in [0.5, 0.6) is 5.75 Å². The van der Waals surface area contributed by atoms with Crippen LogP contribution in [0.4, 0.5) is 0 Å². The third kappa shape index (κ3) is 2.64. The molecule has 1 saturated carbocycles. The molecule has 3 rings (SSSR count). The van der Waals surface area contributed by atoms with E-state index in [9.17, 15) is 5.11 Å². The summed E-state index contributed by atoms with van der Waals surface area (Å²) in [5.41, 5.74) is 3.02. The highest BCUT2D eigenvalue weighted by atomic mass is 16.3. The van der Waals surface area contributed by atoms with E-state index in [4.69, 9.17) is 0 Å². The first kappa shape index (κ1) is 13.0. The Hall–Kier alpha value is -1.02. The minimum absolute atomic E-state index is 0.452. The Balaban J connectivity index is 1.66. The first-order valence-corrected chi connectivity index (χ1v) is 7.62. The highest BCUT2D eigenvalue weighted by molar-refractivity contribution is 5.44. The maximum absolute atomic E-state index is 9.90. The van der Waals surface area contributed by atoms with E-state index in [0.29, 0.717) is 23.2 Å². The second kappa shape index (κ2) is 4.82. The second-order valence-corrected chi connectivity index (χ2v) is 7.04.